The van der Waals surface area contributed by atoms with Gasteiger partial charge >= 0.3 is 0 Å². The van der Waals surface area contributed by atoms with Gasteiger partial charge in [-0.2, -0.15) is 5.26 Å². The Morgan fingerprint density at radius 2 is 2.33 bits per heavy atom. The van der Waals surface area contributed by atoms with Crippen LogP contribution in [-0.2, 0) is 4.74 Å². The third-order valence-electron chi connectivity index (χ3n) is 3.39. The van der Waals surface area contributed by atoms with E-state index in [2.05, 4.69) is 16.0 Å². The Hall–Kier alpha value is -1.60. The van der Waals surface area contributed by atoms with Gasteiger partial charge in [0.05, 0.1) is 17.4 Å². The number of pyridine rings is 1. The zero-order valence-electron chi connectivity index (χ0n) is 11.2. The van der Waals surface area contributed by atoms with Gasteiger partial charge in [-0.3, -0.25) is 0 Å². The van der Waals surface area contributed by atoms with Crippen LogP contribution in [0.2, 0.25) is 0 Å². The minimum absolute atomic E-state index is 0.313. The highest BCUT2D eigenvalue weighted by Crippen LogP contribution is 2.20. The lowest BCUT2D eigenvalue weighted by Crippen LogP contribution is -2.29. The Morgan fingerprint density at radius 1 is 1.56 bits per heavy atom. The first-order valence-corrected chi connectivity index (χ1v) is 6.33. The Bertz CT molecular complexity index is 449. The van der Waals surface area contributed by atoms with Crippen molar-refractivity contribution < 1.29 is 4.74 Å². The number of ether oxygens (including phenoxy) is 1. The Labute approximate surface area is 108 Å². The third kappa shape index (κ3) is 2.62. The second-order valence-corrected chi connectivity index (χ2v) is 4.89. The molecule has 18 heavy (non-hydrogen) atoms. The van der Waals surface area contributed by atoms with Crippen LogP contribution in [0.1, 0.15) is 29.7 Å². The number of nitriles is 1. The quantitative estimate of drug-likeness (QED) is 0.819. The Morgan fingerprint density at radius 3 is 2.89 bits per heavy atom. The number of rotatable bonds is 3. The SMILES string of the molecule is Cc1cc(N(C)CC2CCCO2)nc(C)c1C#N. The van der Waals surface area contributed by atoms with E-state index in [0.29, 0.717) is 11.7 Å². The van der Waals surface area contributed by atoms with E-state index in [9.17, 15) is 0 Å². The van der Waals surface area contributed by atoms with Gasteiger partial charge in [0.2, 0.25) is 0 Å². The molecule has 1 fully saturated rings. The second-order valence-electron chi connectivity index (χ2n) is 4.89. The summed E-state index contributed by atoms with van der Waals surface area (Å²) in [6, 6.07) is 4.17. The maximum absolute atomic E-state index is 9.03. The van der Waals surface area contributed by atoms with Gasteiger partial charge < -0.3 is 9.64 Å². The molecule has 1 aromatic rings. The Kier molecular flexibility index (Phi) is 3.83. The van der Waals surface area contributed by atoms with Crippen molar-refractivity contribution in [2.24, 2.45) is 0 Å². The molecular weight excluding hydrogens is 226 g/mol. The minimum atomic E-state index is 0.313. The van der Waals surface area contributed by atoms with Crippen LogP contribution in [0.25, 0.3) is 0 Å². The summed E-state index contributed by atoms with van der Waals surface area (Å²) in [4.78, 5) is 6.60. The smallest absolute Gasteiger partial charge is 0.128 e. The molecule has 4 heteroatoms. The molecule has 0 bridgehead atoms. The molecule has 0 radical (unpaired) electrons. The number of hydrogen-bond donors (Lipinski definition) is 0. The lowest BCUT2D eigenvalue weighted by Gasteiger charge is -2.22. The summed E-state index contributed by atoms with van der Waals surface area (Å²) in [7, 11) is 2.02. The minimum Gasteiger partial charge on any atom is -0.376 e. The molecule has 0 amide bonds. The molecule has 1 aliphatic heterocycles. The van der Waals surface area contributed by atoms with Crippen LogP contribution in [0.15, 0.2) is 6.07 Å². The van der Waals surface area contributed by atoms with E-state index >= 15 is 0 Å². The molecule has 0 aromatic carbocycles. The highest BCUT2D eigenvalue weighted by Gasteiger charge is 2.18. The predicted octanol–water partition coefficient (Wildman–Crippen LogP) is 2.19. The van der Waals surface area contributed by atoms with Crippen molar-refractivity contribution in [1.82, 2.24) is 4.98 Å². The summed E-state index contributed by atoms with van der Waals surface area (Å²) in [5, 5.41) is 9.03. The fourth-order valence-electron chi connectivity index (χ4n) is 2.36. The first kappa shape index (κ1) is 12.8. The van der Waals surface area contributed by atoms with Gasteiger partial charge in [0.1, 0.15) is 11.9 Å². The van der Waals surface area contributed by atoms with Gasteiger partial charge in [0, 0.05) is 20.2 Å². The van der Waals surface area contributed by atoms with E-state index in [-0.39, 0.29) is 0 Å². The summed E-state index contributed by atoms with van der Waals surface area (Å²) in [6.45, 7) is 5.57. The average Bonchev–Trinajstić information content (AvgIpc) is 2.81. The van der Waals surface area contributed by atoms with Crippen LogP contribution >= 0.6 is 0 Å². The van der Waals surface area contributed by atoms with E-state index in [4.69, 9.17) is 10.00 Å². The number of aromatic nitrogens is 1. The number of anilines is 1. The molecule has 2 heterocycles. The van der Waals surface area contributed by atoms with Crippen LogP contribution in [0, 0.1) is 25.2 Å². The molecule has 1 aromatic heterocycles. The average molecular weight is 245 g/mol. The van der Waals surface area contributed by atoms with Crippen LogP contribution in [-0.4, -0.2) is 31.3 Å². The van der Waals surface area contributed by atoms with Crippen molar-refractivity contribution in [3.05, 3.63) is 22.9 Å². The van der Waals surface area contributed by atoms with Crippen molar-refractivity contribution in [3.8, 4) is 6.07 Å². The monoisotopic (exact) mass is 245 g/mol. The van der Waals surface area contributed by atoms with Crippen LogP contribution in [0.3, 0.4) is 0 Å². The number of nitrogens with zero attached hydrogens (tertiary/aromatic N) is 3. The van der Waals surface area contributed by atoms with Gasteiger partial charge in [0.25, 0.3) is 0 Å². The number of likely N-dealkylation sites (N-methyl/N-ethyl adjacent to an activating group) is 1. The molecule has 1 saturated heterocycles. The van der Waals surface area contributed by atoms with Crippen LogP contribution < -0.4 is 4.90 Å². The van der Waals surface area contributed by atoms with E-state index in [1.54, 1.807) is 0 Å². The normalized spacial score (nSPS) is 18.7. The summed E-state index contributed by atoms with van der Waals surface area (Å²) in [5.41, 5.74) is 2.47. The molecule has 96 valence electrons. The van der Waals surface area contributed by atoms with Crippen molar-refractivity contribution >= 4 is 5.82 Å². The standard InChI is InChI=1S/C14H19N3O/c1-10-7-14(16-11(2)13(10)8-15)17(3)9-12-5-4-6-18-12/h7,12H,4-6,9H2,1-3H3. The first-order valence-electron chi connectivity index (χ1n) is 6.33. The largest absolute Gasteiger partial charge is 0.376 e. The summed E-state index contributed by atoms with van der Waals surface area (Å²) in [6.07, 6.45) is 2.59. The number of hydrogen-bond acceptors (Lipinski definition) is 4. The van der Waals surface area contributed by atoms with E-state index < -0.39 is 0 Å². The van der Waals surface area contributed by atoms with E-state index in [1.165, 1.54) is 0 Å². The maximum Gasteiger partial charge on any atom is 0.128 e. The molecular formula is C14H19N3O. The molecule has 0 saturated carbocycles. The van der Waals surface area contributed by atoms with Crippen molar-refractivity contribution in [1.29, 1.82) is 5.26 Å². The lowest BCUT2D eigenvalue weighted by atomic mass is 10.1. The molecule has 0 spiro atoms. The number of aryl methyl sites for hydroxylation is 2. The Balaban J connectivity index is 2.15. The highest BCUT2D eigenvalue weighted by molar-refractivity contribution is 5.49. The van der Waals surface area contributed by atoms with E-state index in [0.717, 1.165) is 43.1 Å². The molecule has 1 atom stereocenters. The third-order valence-corrected chi connectivity index (χ3v) is 3.39. The maximum atomic E-state index is 9.03. The molecule has 2 rings (SSSR count). The lowest BCUT2D eigenvalue weighted by molar-refractivity contribution is 0.116. The van der Waals surface area contributed by atoms with Gasteiger partial charge in [-0.05, 0) is 38.3 Å². The van der Waals surface area contributed by atoms with Gasteiger partial charge in [-0.25, -0.2) is 4.98 Å². The zero-order chi connectivity index (χ0) is 13.1. The first-order chi connectivity index (χ1) is 8.61. The highest BCUT2D eigenvalue weighted by atomic mass is 16.5. The fraction of sp³-hybridized carbons (Fsp3) is 0.571. The summed E-state index contributed by atoms with van der Waals surface area (Å²) in [5.74, 6) is 0.916. The molecule has 0 N–H and O–H groups in total. The van der Waals surface area contributed by atoms with Crippen LogP contribution in [0.5, 0.6) is 0 Å². The summed E-state index contributed by atoms with van der Waals surface area (Å²) < 4.78 is 5.63. The van der Waals surface area contributed by atoms with Gasteiger partial charge in [-0.1, -0.05) is 0 Å². The van der Waals surface area contributed by atoms with Gasteiger partial charge in [0.15, 0.2) is 0 Å². The predicted molar refractivity (Wildman–Crippen MR) is 70.7 cm³/mol. The molecule has 1 aliphatic rings. The van der Waals surface area contributed by atoms with Crippen molar-refractivity contribution in [2.45, 2.75) is 32.8 Å². The van der Waals surface area contributed by atoms with Crippen LogP contribution in [0.4, 0.5) is 5.82 Å². The van der Waals surface area contributed by atoms with Crippen molar-refractivity contribution in [2.75, 3.05) is 25.1 Å². The van der Waals surface area contributed by atoms with Crippen molar-refractivity contribution in [3.63, 3.8) is 0 Å². The van der Waals surface area contributed by atoms with Gasteiger partial charge in [-0.15, -0.1) is 0 Å². The zero-order valence-corrected chi connectivity index (χ0v) is 11.2. The molecule has 1 unspecified atom stereocenters. The molecule has 0 aliphatic carbocycles. The summed E-state index contributed by atoms with van der Waals surface area (Å²) >= 11 is 0. The second kappa shape index (κ2) is 5.36. The molecule has 4 nitrogen and oxygen atoms in total. The topological polar surface area (TPSA) is 49.1 Å². The fourth-order valence-corrected chi connectivity index (χ4v) is 2.36. The van der Waals surface area contributed by atoms with E-state index in [1.807, 2.05) is 27.0 Å².